The van der Waals surface area contributed by atoms with Gasteiger partial charge in [-0.25, -0.2) is 9.59 Å². The highest BCUT2D eigenvalue weighted by molar-refractivity contribution is 5.82. The number of carbonyl (C=O) groups is 2. The van der Waals surface area contributed by atoms with E-state index in [1.54, 1.807) is 0 Å². The van der Waals surface area contributed by atoms with E-state index in [0.29, 0.717) is 0 Å². The Kier molecular flexibility index (Phi) is 4.58. The fraction of sp³-hybridized carbons (Fsp3) is 0.818. The summed E-state index contributed by atoms with van der Waals surface area (Å²) in [6, 6.07) is -0.936. The molecule has 0 bridgehead atoms. The van der Waals surface area contributed by atoms with Crippen molar-refractivity contribution >= 4 is 12.0 Å². The van der Waals surface area contributed by atoms with E-state index in [2.05, 4.69) is 10.6 Å². The van der Waals surface area contributed by atoms with E-state index in [9.17, 15) is 9.59 Å². The molecule has 0 aromatic heterocycles. The normalized spacial score (nSPS) is 19.4. The Labute approximate surface area is 95.6 Å². The van der Waals surface area contributed by atoms with Crippen molar-refractivity contribution in [2.75, 3.05) is 0 Å². The Balaban J connectivity index is 2.40. The molecule has 0 heterocycles. The number of carbonyl (C=O) groups excluding carboxylic acids is 1. The van der Waals surface area contributed by atoms with Crippen molar-refractivity contribution in [2.45, 2.75) is 51.6 Å². The van der Waals surface area contributed by atoms with E-state index in [1.807, 2.05) is 13.8 Å². The third kappa shape index (κ3) is 3.40. The molecule has 92 valence electrons. The summed E-state index contributed by atoms with van der Waals surface area (Å²) < 4.78 is 0. The van der Waals surface area contributed by atoms with Crippen LogP contribution in [0.5, 0.6) is 0 Å². The molecule has 0 aliphatic heterocycles. The standard InChI is InChI=1S/C11H20N2O3/c1-3-7(2)9(10(14)15)13-11(16)12-8-5-4-6-8/h7-9H,3-6H2,1-2H3,(H,14,15)(H2,12,13,16). The lowest BCUT2D eigenvalue weighted by atomic mass is 9.93. The number of aliphatic carboxylic acids is 1. The zero-order valence-corrected chi connectivity index (χ0v) is 9.82. The van der Waals surface area contributed by atoms with Crippen LogP contribution in [0, 0.1) is 5.92 Å². The number of hydrogen-bond donors (Lipinski definition) is 3. The first kappa shape index (κ1) is 12.8. The predicted octanol–water partition coefficient (Wildman–Crippen LogP) is 1.34. The lowest BCUT2D eigenvalue weighted by Gasteiger charge is -2.28. The van der Waals surface area contributed by atoms with Gasteiger partial charge in [0.15, 0.2) is 0 Å². The Morgan fingerprint density at radius 3 is 2.44 bits per heavy atom. The zero-order valence-electron chi connectivity index (χ0n) is 9.82. The molecule has 2 amide bonds. The quantitative estimate of drug-likeness (QED) is 0.664. The van der Waals surface area contributed by atoms with Gasteiger partial charge in [0.05, 0.1) is 0 Å². The predicted molar refractivity (Wildman–Crippen MR) is 60.2 cm³/mol. The highest BCUT2D eigenvalue weighted by Crippen LogP contribution is 2.17. The number of urea groups is 1. The number of hydrogen-bond acceptors (Lipinski definition) is 2. The number of carboxylic acid groups (broad SMARTS) is 1. The lowest BCUT2D eigenvalue weighted by molar-refractivity contribution is -0.140. The van der Waals surface area contributed by atoms with Gasteiger partial charge in [-0.1, -0.05) is 20.3 Å². The molecule has 1 saturated carbocycles. The van der Waals surface area contributed by atoms with Gasteiger partial charge in [0, 0.05) is 6.04 Å². The van der Waals surface area contributed by atoms with Gasteiger partial charge >= 0.3 is 12.0 Å². The summed E-state index contributed by atoms with van der Waals surface area (Å²) in [4.78, 5) is 22.5. The van der Waals surface area contributed by atoms with E-state index >= 15 is 0 Å². The molecule has 1 fully saturated rings. The second kappa shape index (κ2) is 5.72. The van der Waals surface area contributed by atoms with Crippen LogP contribution in [0.15, 0.2) is 0 Å². The third-order valence-corrected chi connectivity index (χ3v) is 3.21. The number of amides is 2. The fourth-order valence-corrected chi connectivity index (χ4v) is 1.60. The number of rotatable bonds is 5. The summed E-state index contributed by atoms with van der Waals surface area (Å²) in [5.41, 5.74) is 0. The van der Waals surface area contributed by atoms with Gasteiger partial charge in [0.25, 0.3) is 0 Å². The highest BCUT2D eigenvalue weighted by Gasteiger charge is 2.27. The van der Waals surface area contributed by atoms with E-state index in [0.717, 1.165) is 25.7 Å². The second-order valence-corrected chi connectivity index (χ2v) is 4.45. The Bertz CT molecular complexity index is 264. The van der Waals surface area contributed by atoms with Crippen molar-refractivity contribution < 1.29 is 14.7 Å². The summed E-state index contributed by atoms with van der Waals surface area (Å²) in [6.07, 6.45) is 3.85. The molecule has 0 radical (unpaired) electrons. The maximum atomic E-state index is 11.5. The monoisotopic (exact) mass is 228 g/mol. The van der Waals surface area contributed by atoms with Crippen molar-refractivity contribution in [2.24, 2.45) is 5.92 Å². The minimum Gasteiger partial charge on any atom is -0.480 e. The van der Waals surface area contributed by atoms with Gasteiger partial charge in [-0.3, -0.25) is 0 Å². The van der Waals surface area contributed by atoms with E-state index in [1.165, 1.54) is 0 Å². The average Bonchev–Trinajstić information content (AvgIpc) is 2.18. The summed E-state index contributed by atoms with van der Waals surface area (Å²) in [5.74, 6) is -1.04. The van der Waals surface area contributed by atoms with Crippen LogP contribution in [0.4, 0.5) is 4.79 Å². The molecular weight excluding hydrogens is 208 g/mol. The van der Waals surface area contributed by atoms with Gasteiger partial charge in [0.2, 0.25) is 0 Å². The summed E-state index contributed by atoms with van der Waals surface area (Å²) in [6.45, 7) is 3.73. The lowest BCUT2D eigenvalue weighted by Crippen LogP contribution is -2.52. The summed E-state index contributed by atoms with van der Waals surface area (Å²) in [5, 5.41) is 14.3. The summed E-state index contributed by atoms with van der Waals surface area (Å²) in [7, 11) is 0. The van der Waals surface area contributed by atoms with Gasteiger partial charge in [-0.2, -0.15) is 0 Å². The van der Waals surface area contributed by atoms with Crippen LogP contribution < -0.4 is 10.6 Å². The third-order valence-electron chi connectivity index (χ3n) is 3.21. The van der Waals surface area contributed by atoms with E-state index in [4.69, 9.17) is 5.11 Å². The zero-order chi connectivity index (χ0) is 12.1. The van der Waals surface area contributed by atoms with Crippen molar-refractivity contribution in [3.05, 3.63) is 0 Å². The van der Waals surface area contributed by atoms with Crippen molar-refractivity contribution in [3.63, 3.8) is 0 Å². The Morgan fingerprint density at radius 1 is 1.44 bits per heavy atom. The first-order chi connectivity index (χ1) is 7.54. The maximum absolute atomic E-state index is 11.5. The van der Waals surface area contributed by atoms with Crippen LogP contribution >= 0.6 is 0 Å². The summed E-state index contributed by atoms with van der Waals surface area (Å²) >= 11 is 0. The molecule has 5 nitrogen and oxygen atoms in total. The van der Waals surface area contributed by atoms with Crippen LogP contribution in [0.3, 0.4) is 0 Å². The second-order valence-electron chi connectivity index (χ2n) is 4.45. The van der Waals surface area contributed by atoms with Gasteiger partial charge in [0.1, 0.15) is 6.04 Å². The van der Waals surface area contributed by atoms with Gasteiger partial charge in [-0.05, 0) is 25.2 Å². The molecule has 1 rings (SSSR count). The number of nitrogens with one attached hydrogen (secondary N) is 2. The first-order valence-electron chi connectivity index (χ1n) is 5.84. The molecule has 1 aliphatic rings. The van der Waals surface area contributed by atoms with Crippen LogP contribution in [0.2, 0.25) is 0 Å². The molecule has 2 atom stereocenters. The highest BCUT2D eigenvalue weighted by atomic mass is 16.4. The molecule has 3 N–H and O–H groups in total. The molecule has 1 aliphatic carbocycles. The Hall–Kier alpha value is -1.26. The van der Waals surface area contributed by atoms with E-state index in [-0.39, 0.29) is 18.0 Å². The molecular formula is C11H20N2O3. The van der Waals surface area contributed by atoms with Crippen molar-refractivity contribution in [1.82, 2.24) is 10.6 Å². The molecule has 16 heavy (non-hydrogen) atoms. The van der Waals surface area contributed by atoms with Crippen molar-refractivity contribution in [1.29, 1.82) is 0 Å². The fourth-order valence-electron chi connectivity index (χ4n) is 1.60. The first-order valence-corrected chi connectivity index (χ1v) is 5.84. The van der Waals surface area contributed by atoms with Crippen LogP contribution in [0.1, 0.15) is 39.5 Å². The topological polar surface area (TPSA) is 78.4 Å². The molecule has 0 saturated heterocycles. The molecule has 0 aromatic carbocycles. The molecule has 2 unspecified atom stereocenters. The van der Waals surface area contributed by atoms with Gasteiger partial charge < -0.3 is 15.7 Å². The van der Waals surface area contributed by atoms with Gasteiger partial charge in [-0.15, -0.1) is 0 Å². The number of carboxylic acids is 1. The smallest absolute Gasteiger partial charge is 0.326 e. The minimum absolute atomic E-state index is 0.0651. The van der Waals surface area contributed by atoms with Crippen LogP contribution in [-0.2, 0) is 4.79 Å². The molecule has 0 aromatic rings. The van der Waals surface area contributed by atoms with Crippen LogP contribution in [0.25, 0.3) is 0 Å². The van der Waals surface area contributed by atoms with E-state index < -0.39 is 12.0 Å². The van der Waals surface area contributed by atoms with Crippen LogP contribution in [-0.4, -0.2) is 29.2 Å². The SMILES string of the molecule is CCC(C)C(NC(=O)NC1CCC1)C(=O)O. The van der Waals surface area contributed by atoms with Crippen molar-refractivity contribution in [3.8, 4) is 0 Å². The average molecular weight is 228 g/mol. The molecule has 5 heteroatoms. The minimum atomic E-state index is -0.974. The maximum Gasteiger partial charge on any atom is 0.326 e. The molecule has 0 spiro atoms. The largest absolute Gasteiger partial charge is 0.480 e. The Morgan fingerprint density at radius 2 is 2.06 bits per heavy atom.